The summed E-state index contributed by atoms with van der Waals surface area (Å²) in [6.07, 6.45) is 0.0972. The standard InChI is InChI=1S/C22H23BrF3N3O/c23-17-9-7-15(8-10-17)19-6-3-13-29(19)21(30)16-4-2-12-28(14-16)20-18(22(24,25)26)5-1-11-27-20/h1,5,7-11,16,19H,2-4,6,12-14H2. The molecule has 1 aromatic carbocycles. The van der Waals surface area contributed by atoms with Gasteiger partial charge >= 0.3 is 6.18 Å². The number of carbonyl (C=O) groups is 1. The molecule has 4 rings (SSSR count). The van der Waals surface area contributed by atoms with Gasteiger partial charge in [-0.15, -0.1) is 0 Å². The number of benzene rings is 1. The molecule has 0 N–H and O–H groups in total. The van der Waals surface area contributed by atoms with E-state index in [-0.39, 0.29) is 30.2 Å². The molecule has 4 nitrogen and oxygen atoms in total. The summed E-state index contributed by atoms with van der Waals surface area (Å²) in [7, 11) is 0. The fourth-order valence-electron chi connectivity index (χ4n) is 4.54. The van der Waals surface area contributed by atoms with Crippen molar-refractivity contribution < 1.29 is 18.0 Å². The van der Waals surface area contributed by atoms with Gasteiger partial charge < -0.3 is 9.80 Å². The van der Waals surface area contributed by atoms with Crippen LogP contribution in [0.3, 0.4) is 0 Å². The monoisotopic (exact) mass is 481 g/mol. The van der Waals surface area contributed by atoms with E-state index in [1.165, 1.54) is 12.3 Å². The van der Waals surface area contributed by atoms with Crippen molar-refractivity contribution in [3.05, 3.63) is 58.2 Å². The van der Waals surface area contributed by atoms with Crippen molar-refractivity contribution in [1.29, 1.82) is 0 Å². The quantitative estimate of drug-likeness (QED) is 0.585. The van der Waals surface area contributed by atoms with Crippen molar-refractivity contribution in [3.8, 4) is 0 Å². The smallest absolute Gasteiger partial charge is 0.355 e. The van der Waals surface area contributed by atoms with Crippen LogP contribution in [0.15, 0.2) is 47.1 Å². The number of pyridine rings is 1. The number of alkyl halides is 3. The molecule has 3 heterocycles. The van der Waals surface area contributed by atoms with E-state index in [0.29, 0.717) is 25.9 Å². The van der Waals surface area contributed by atoms with E-state index in [1.807, 2.05) is 29.2 Å². The zero-order chi connectivity index (χ0) is 21.3. The highest BCUT2D eigenvalue weighted by Gasteiger charge is 2.39. The predicted molar refractivity (Wildman–Crippen MR) is 112 cm³/mol. The number of aromatic nitrogens is 1. The molecule has 0 spiro atoms. The second kappa shape index (κ2) is 8.57. The van der Waals surface area contributed by atoms with E-state index in [0.717, 1.165) is 28.9 Å². The zero-order valence-corrected chi connectivity index (χ0v) is 18.0. The molecule has 0 radical (unpaired) electrons. The summed E-state index contributed by atoms with van der Waals surface area (Å²) in [5, 5.41) is 0. The highest BCUT2D eigenvalue weighted by molar-refractivity contribution is 9.10. The lowest BCUT2D eigenvalue weighted by Crippen LogP contribution is -2.45. The summed E-state index contributed by atoms with van der Waals surface area (Å²) in [5.41, 5.74) is 0.354. The average molecular weight is 482 g/mol. The molecule has 0 aliphatic carbocycles. The van der Waals surface area contributed by atoms with Crippen LogP contribution < -0.4 is 4.90 Å². The lowest BCUT2D eigenvalue weighted by atomic mass is 9.95. The fourth-order valence-corrected chi connectivity index (χ4v) is 4.80. The van der Waals surface area contributed by atoms with Gasteiger partial charge in [0.25, 0.3) is 0 Å². The van der Waals surface area contributed by atoms with Crippen molar-refractivity contribution >= 4 is 27.7 Å². The predicted octanol–water partition coefficient (Wildman–Crippen LogP) is 5.44. The van der Waals surface area contributed by atoms with E-state index >= 15 is 0 Å². The molecular weight excluding hydrogens is 459 g/mol. The fraction of sp³-hybridized carbons (Fsp3) is 0.455. The third kappa shape index (κ3) is 4.33. The van der Waals surface area contributed by atoms with Gasteiger partial charge in [0, 0.05) is 30.3 Å². The molecule has 8 heteroatoms. The minimum Gasteiger partial charge on any atom is -0.355 e. The average Bonchev–Trinajstić information content (AvgIpc) is 3.23. The second-order valence-corrected chi connectivity index (χ2v) is 8.81. The van der Waals surface area contributed by atoms with Crippen LogP contribution >= 0.6 is 15.9 Å². The van der Waals surface area contributed by atoms with Crippen LogP contribution in [0.4, 0.5) is 19.0 Å². The zero-order valence-electron chi connectivity index (χ0n) is 16.4. The lowest BCUT2D eigenvalue weighted by Gasteiger charge is -2.37. The van der Waals surface area contributed by atoms with Gasteiger partial charge in [0.15, 0.2) is 0 Å². The Morgan fingerprint density at radius 3 is 2.53 bits per heavy atom. The van der Waals surface area contributed by atoms with Crippen molar-refractivity contribution in [2.24, 2.45) is 5.92 Å². The van der Waals surface area contributed by atoms with Crippen molar-refractivity contribution in [2.75, 3.05) is 24.5 Å². The topological polar surface area (TPSA) is 36.4 Å². The summed E-state index contributed by atoms with van der Waals surface area (Å²) in [4.78, 5) is 20.9. The Balaban J connectivity index is 1.52. The molecule has 2 aliphatic heterocycles. The maximum absolute atomic E-state index is 13.4. The maximum atomic E-state index is 13.4. The molecule has 2 fully saturated rings. The first-order chi connectivity index (χ1) is 14.3. The van der Waals surface area contributed by atoms with Crippen molar-refractivity contribution in [3.63, 3.8) is 0 Å². The van der Waals surface area contributed by atoms with Gasteiger partial charge in [-0.25, -0.2) is 4.98 Å². The van der Waals surface area contributed by atoms with Gasteiger partial charge in [-0.1, -0.05) is 28.1 Å². The minimum atomic E-state index is -4.47. The van der Waals surface area contributed by atoms with Crippen LogP contribution in [-0.2, 0) is 11.0 Å². The van der Waals surface area contributed by atoms with Crippen molar-refractivity contribution in [2.45, 2.75) is 37.9 Å². The number of anilines is 1. The number of hydrogen-bond acceptors (Lipinski definition) is 3. The first-order valence-electron chi connectivity index (χ1n) is 10.2. The number of carbonyl (C=O) groups excluding carboxylic acids is 1. The summed E-state index contributed by atoms with van der Waals surface area (Å²) in [6, 6.07) is 10.4. The number of rotatable bonds is 3. The molecule has 2 unspecified atom stereocenters. The molecule has 2 atom stereocenters. The van der Waals surface area contributed by atoms with E-state index < -0.39 is 11.7 Å². The SMILES string of the molecule is O=C(C1CCCN(c2ncccc2C(F)(F)F)C1)N1CCCC1c1ccc(Br)cc1. The summed E-state index contributed by atoms with van der Waals surface area (Å²) in [5.74, 6) is -0.360. The first kappa shape index (κ1) is 21.2. The van der Waals surface area contributed by atoms with Gasteiger partial charge in [-0.3, -0.25) is 4.79 Å². The Morgan fingerprint density at radius 1 is 1.07 bits per heavy atom. The Bertz CT molecular complexity index is 903. The van der Waals surface area contributed by atoms with Crippen LogP contribution in [0.5, 0.6) is 0 Å². The molecule has 2 aliphatic rings. The van der Waals surface area contributed by atoms with Crippen molar-refractivity contribution in [1.82, 2.24) is 9.88 Å². The Labute approximate surface area is 182 Å². The normalized spacial score (nSPS) is 22.4. The van der Waals surface area contributed by atoms with Crippen LogP contribution in [0.2, 0.25) is 0 Å². The Morgan fingerprint density at radius 2 is 1.80 bits per heavy atom. The molecule has 2 aromatic rings. The van der Waals surface area contributed by atoms with Crippen LogP contribution in [-0.4, -0.2) is 35.4 Å². The van der Waals surface area contributed by atoms with E-state index in [4.69, 9.17) is 0 Å². The lowest BCUT2D eigenvalue weighted by molar-refractivity contribution is -0.137. The first-order valence-corrected chi connectivity index (χ1v) is 11.0. The number of likely N-dealkylation sites (tertiary alicyclic amines) is 1. The molecule has 2 saturated heterocycles. The molecule has 160 valence electrons. The van der Waals surface area contributed by atoms with E-state index in [9.17, 15) is 18.0 Å². The van der Waals surface area contributed by atoms with Gasteiger partial charge in [-0.2, -0.15) is 13.2 Å². The Kier molecular flexibility index (Phi) is 6.04. The van der Waals surface area contributed by atoms with Crippen LogP contribution in [0.1, 0.15) is 42.9 Å². The maximum Gasteiger partial charge on any atom is 0.419 e. The molecular formula is C22H23BrF3N3O. The molecule has 1 aromatic heterocycles. The van der Waals surface area contributed by atoms with Crippen LogP contribution in [0.25, 0.3) is 0 Å². The minimum absolute atomic E-state index is 0.0292. The van der Waals surface area contributed by atoms with Gasteiger partial charge in [0.1, 0.15) is 5.82 Å². The number of nitrogens with zero attached hydrogens (tertiary/aromatic N) is 3. The molecule has 0 saturated carbocycles. The van der Waals surface area contributed by atoms with E-state index in [2.05, 4.69) is 20.9 Å². The summed E-state index contributed by atoms with van der Waals surface area (Å²) in [6.45, 7) is 1.43. The Hall–Kier alpha value is -2.09. The third-order valence-corrected chi connectivity index (χ3v) is 6.48. The second-order valence-electron chi connectivity index (χ2n) is 7.90. The summed E-state index contributed by atoms with van der Waals surface area (Å²) < 4.78 is 41.3. The van der Waals surface area contributed by atoms with Gasteiger partial charge in [0.05, 0.1) is 17.5 Å². The molecule has 30 heavy (non-hydrogen) atoms. The largest absolute Gasteiger partial charge is 0.419 e. The molecule has 0 bridgehead atoms. The highest BCUT2D eigenvalue weighted by Crippen LogP contribution is 2.38. The summed E-state index contributed by atoms with van der Waals surface area (Å²) >= 11 is 3.44. The highest BCUT2D eigenvalue weighted by atomic mass is 79.9. The number of halogens is 4. The molecule has 1 amide bonds. The number of hydrogen-bond donors (Lipinski definition) is 0. The van der Waals surface area contributed by atoms with E-state index in [1.54, 1.807) is 4.90 Å². The number of piperidine rings is 1. The third-order valence-electron chi connectivity index (χ3n) is 5.95. The van der Waals surface area contributed by atoms with Gasteiger partial charge in [-0.05, 0) is 55.5 Å². The number of amides is 1. The van der Waals surface area contributed by atoms with Crippen LogP contribution in [0, 0.1) is 5.92 Å². The van der Waals surface area contributed by atoms with Gasteiger partial charge in [0.2, 0.25) is 5.91 Å².